The molecule has 0 fully saturated rings. The average molecular weight is 214 g/mol. The Labute approximate surface area is 90.3 Å². The topological polar surface area (TPSA) is 32.6 Å². The van der Waals surface area contributed by atoms with Crippen LogP contribution in [-0.2, 0) is 0 Å². The van der Waals surface area contributed by atoms with Gasteiger partial charge in [0.25, 0.3) is 0 Å². The van der Waals surface area contributed by atoms with Crippen LogP contribution in [0.3, 0.4) is 0 Å². The Kier molecular flexibility index (Phi) is 8.19. The Morgan fingerprint density at radius 2 is 2.36 bits per heavy atom. The fourth-order valence-electron chi connectivity index (χ4n) is 0.799. The predicted molar refractivity (Wildman–Crippen MR) is 63.2 cm³/mol. The molecule has 0 aromatic carbocycles. The zero-order valence-corrected chi connectivity index (χ0v) is 9.11. The Bertz CT molecular complexity index is 244. The first-order valence-corrected chi connectivity index (χ1v) is 4.97. The molecule has 0 aliphatic carbocycles. The van der Waals surface area contributed by atoms with Gasteiger partial charge in [-0.05, 0) is 12.5 Å². The summed E-state index contributed by atoms with van der Waals surface area (Å²) in [7, 11) is 0. The molecular formula is C11H16ClNO. The highest BCUT2D eigenvalue weighted by atomic mass is 35.5. The van der Waals surface area contributed by atoms with Gasteiger partial charge in [-0.25, -0.2) is 0 Å². The maximum Gasteiger partial charge on any atom is 0.0870 e. The summed E-state index contributed by atoms with van der Waals surface area (Å²) in [5, 5.41) is 9.13. The van der Waals surface area contributed by atoms with Crippen molar-refractivity contribution < 1.29 is 5.11 Å². The van der Waals surface area contributed by atoms with Gasteiger partial charge in [0.05, 0.1) is 18.5 Å². The van der Waals surface area contributed by atoms with Gasteiger partial charge in [0.1, 0.15) is 0 Å². The maximum atomic E-state index is 9.13. The lowest BCUT2D eigenvalue weighted by atomic mass is 10.2. The molecule has 0 spiro atoms. The molecule has 1 N–H and O–H groups in total. The number of aliphatic imine (C=N–C) groups is 1. The molecule has 0 bridgehead atoms. The minimum Gasteiger partial charge on any atom is -0.390 e. The average Bonchev–Trinajstić information content (AvgIpc) is 2.18. The number of allylic oxidation sites excluding steroid dienone is 5. The molecule has 78 valence electrons. The monoisotopic (exact) mass is 213 g/mol. The van der Waals surface area contributed by atoms with Crippen molar-refractivity contribution in [3.8, 4) is 0 Å². The van der Waals surface area contributed by atoms with Crippen molar-refractivity contribution in [1.29, 1.82) is 0 Å². The molecule has 1 unspecified atom stereocenters. The summed E-state index contributed by atoms with van der Waals surface area (Å²) >= 11 is 5.42. The molecule has 3 heteroatoms. The lowest BCUT2D eigenvalue weighted by Crippen LogP contribution is -2.12. The second kappa shape index (κ2) is 8.73. The zero-order valence-electron chi connectivity index (χ0n) is 8.36. The number of aliphatic hydroxyl groups excluding tert-OH is 1. The number of hydrogen-bond donors (Lipinski definition) is 1. The van der Waals surface area contributed by atoms with Crippen molar-refractivity contribution in [3.05, 3.63) is 36.5 Å². The fraction of sp³-hybridized carbons (Fsp3) is 0.364. The first-order chi connectivity index (χ1) is 6.74. The van der Waals surface area contributed by atoms with Crippen LogP contribution in [0, 0.1) is 0 Å². The molecule has 0 heterocycles. The highest BCUT2D eigenvalue weighted by molar-refractivity contribution is 6.18. The molecule has 2 nitrogen and oxygen atoms in total. The summed E-state index contributed by atoms with van der Waals surface area (Å²) in [6, 6.07) is 0. The van der Waals surface area contributed by atoms with Crippen LogP contribution in [0.4, 0.5) is 0 Å². The van der Waals surface area contributed by atoms with Gasteiger partial charge < -0.3 is 5.11 Å². The van der Waals surface area contributed by atoms with Crippen LogP contribution in [0.2, 0.25) is 0 Å². The van der Waals surface area contributed by atoms with Crippen LogP contribution < -0.4 is 0 Å². The third-order valence-corrected chi connectivity index (χ3v) is 1.76. The number of alkyl halides is 1. The number of rotatable bonds is 6. The molecule has 0 aromatic rings. The van der Waals surface area contributed by atoms with E-state index in [1.54, 1.807) is 12.3 Å². The number of halogens is 1. The van der Waals surface area contributed by atoms with Gasteiger partial charge in [0, 0.05) is 6.21 Å². The molecule has 0 amide bonds. The van der Waals surface area contributed by atoms with E-state index >= 15 is 0 Å². The van der Waals surface area contributed by atoms with Crippen LogP contribution in [0.1, 0.15) is 6.92 Å². The lowest BCUT2D eigenvalue weighted by Gasteiger charge is -2.00. The second-order valence-corrected chi connectivity index (χ2v) is 3.01. The molecule has 0 aliphatic rings. The van der Waals surface area contributed by atoms with Crippen molar-refractivity contribution in [3.63, 3.8) is 0 Å². The summed E-state index contributed by atoms with van der Waals surface area (Å²) in [4.78, 5) is 4.05. The molecule has 0 rings (SSSR count). The van der Waals surface area contributed by atoms with Crippen molar-refractivity contribution in [1.82, 2.24) is 0 Å². The van der Waals surface area contributed by atoms with Gasteiger partial charge in [-0.3, -0.25) is 4.99 Å². The normalized spacial score (nSPS) is 15.2. The molecule has 1 atom stereocenters. The van der Waals surface area contributed by atoms with Crippen LogP contribution >= 0.6 is 11.6 Å². The van der Waals surface area contributed by atoms with Gasteiger partial charge in [0.15, 0.2) is 0 Å². The van der Waals surface area contributed by atoms with Crippen LogP contribution in [0.25, 0.3) is 0 Å². The number of nitrogens with zero attached hydrogens (tertiary/aromatic N) is 1. The van der Waals surface area contributed by atoms with Gasteiger partial charge in [-0.15, -0.1) is 11.6 Å². The Morgan fingerprint density at radius 1 is 1.64 bits per heavy atom. The van der Waals surface area contributed by atoms with Crippen molar-refractivity contribution in [2.24, 2.45) is 4.99 Å². The molecule has 14 heavy (non-hydrogen) atoms. The van der Waals surface area contributed by atoms with Gasteiger partial charge in [0.2, 0.25) is 0 Å². The molecule has 0 aliphatic heterocycles. The van der Waals surface area contributed by atoms with E-state index in [2.05, 4.69) is 11.6 Å². The minimum atomic E-state index is -0.566. The molecular weight excluding hydrogens is 198 g/mol. The quantitative estimate of drug-likeness (QED) is 0.410. The van der Waals surface area contributed by atoms with Crippen LogP contribution in [0.5, 0.6) is 0 Å². The first kappa shape index (κ1) is 13.1. The van der Waals surface area contributed by atoms with E-state index < -0.39 is 6.10 Å². The molecule has 0 saturated heterocycles. The standard InChI is InChI=1S/C11H16ClNO/c1-3-5-10(6-4-2)8-13-9-11(14)7-12/h3-6,8,11,14H,1,7,9H2,2H3/b6-4-,10-5+,13-8?. The van der Waals surface area contributed by atoms with E-state index in [9.17, 15) is 0 Å². The SMILES string of the molecule is C=C/C=C(C=NCC(O)CCl)\C=C/C. The van der Waals surface area contributed by atoms with Gasteiger partial charge >= 0.3 is 0 Å². The summed E-state index contributed by atoms with van der Waals surface area (Å²) in [6.07, 6.45) is 8.49. The summed E-state index contributed by atoms with van der Waals surface area (Å²) in [6.45, 7) is 5.86. The summed E-state index contributed by atoms with van der Waals surface area (Å²) in [5.41, 5.74) is 0.948. The lowest BCUT2D eigenvalue weighted by molar-refractivity contribution is 0.207. The van der Waals surface area contributed by atoms with Crippen molar-refractivity contribution in [2.45, 2.75) is 13.0 Å². The van der Waals surface area contributed by atoms with Crippen molar-refractivity contribution in [2.75, 3.05) is 12.4 Å². The number of aliphatic hydroxyl groups is 1. The van der Waals surface area contributed by atoms with Crippen LogP contribution in [-0.4, -0.2) is 29.8 Å². The second-order valence-electron chi connectivity index (χ2n) is 2.70. The highest BCUT2D eigenvalue weighted by Crippen LogP contribution is 1.95. The first-order valence-electron chi connectivity index (χ1n) is 4.43. The highest BCUT2D eigenvalue weighted by Gasteiger charge is 1.97. The smallest absolute Gasteiger partial charge is 0.0870 e. The molecule has 0 aromatic heterocycles. The van der Waals surface area contributed by atoms with E-state index in [1.807, 2.05) is 25.2 Å². The molecule has 0 saturated carbocycles. The van der Waals surface area contributed by atoms with Gasteiger partial charge in [-0.2, -0.15) is 0 Å². The zero-order chi connectivity index (χ0) is 10.8. The van der Waals surface area contributed by atoms with E-state index in [1.165, 1.54) is 0 Å². The molecule has 0 radical (unpaired) electrons. The Morgan fingerprint density at radius 3 is 2.86 bits per heavy atom. The minimum absolute atomic E-state index is 0.210. The van der Waals surface area contributed by atoms with Gasteiger partial charge in [-0.1, -0.05) is 30.9 Å². The van der Waals surface area contributed by atoms with E-state index in [-0.39, 0.29) is 5.88 Å². The summed E-state index contributed by atoms with van der Waals surface area (Å²) < 4.78 is 0. The van der Waals surface area contributed by atoms with E-state index in [0.717, 1.165) is 5.57 Å². The van der Waals surface area contributed by atoms with Crippen molar-refractivity contribution >= 4 is 17.8 Å². The predicted octanol–water partition coefficient (Wildman–Crippen LogP) is 2.35. The number of hydrogen-bond acceptors (Lipinski definition) is 2. The van der Waals surface area contributed by atoms with E-state index in [0.29, 0.717) is 6.54 Å². The van der Waals surface area contributed by atoms with Crippen LogP contribution in [0.15, 0.2) is 41.4 Å². The Hall–Kier alpha value is -0.860. The Balaban J connectivity index is 4.16. The third-order valence-electron chi connectivity index (χ3n) is 1.40. The fourth-order valence-corrected chi connectivity index (χ4v) is 0.896. The summed E-state index contributed by atoms with van der Waals surface area (Å²) in [5.74, 6) is 0.210. The maximum absolute atomic E-state index is 9.13. The largest absolute Gasteiger partial charge is 0.390 e. The van der Waals surface area contributed by atoms with E-state index in [4.69, 9.17) is 16.7 Å². The third kappa shape index (κ3) is 6.63.